The van der Waals surface area contributed by atoms with Crippen LogP contribution in [0.5, 0.6) is 11.6 Å². The average molecular weight is 283 g/mol. The van der Waals surface area contributed by atoms with Crippen molar-refractivity contribution in [2.45, 2.75) is 0 Å². The standard InChI is InChI=1S/C12H8ClFN2OS/c13-9-5-8(2-3-10(9)14)17-11-4-1-7(6-16-11)12(15)18/h1-6H,(H2,15,18). The summed E-state index contributed by atoms with van der Waals surface area (Å²) in [5.74, 6) is 0.246. The van der Waals surface area contributed by atoms with Crippen molar-refractivity contribution in [1.29, 1.82) is 0 Å². The molecule has 3 nitrogen and oxygen atoms in total. The molecular weight excluding hydrogens is 275 g/mol. The van der Waals surface area contributed by atoms with Crippen molar-refractivity contribution in [1.82, 2.24) is 4.98 Å². The minimum absolute atomic E-state index is 0.00717. The second-order valence-electron chi connectivity index (χ2n) is 3.43. The molecule has 0 radical (unpaired) electrons. The van der Waals surface area contributed by atoms with Crippen molar-refractivity contribution in [3.63, 3.8) is 0 Å². The molecule has 0 saturated heterocycles. The number of nitrogens with two attached hydrogens (primary N) is 1. The fourth-order valence-electron chi connectivity index (χ4n) is 1.25. The van der Waals surface area contributed by atoms with E-state index in [2.05, 4.69) is 4.98 Å². The van der Waals surface area contributed by atoms with Gasteiger partial charge < -0.3 is 10.5 Å². The van der Waals surface area contributed by atoms with Gasteiger partial charge in [0.2, 0.25) is 5.88 Å². The molecule has 1 aromatic heterocycles. The van der Waals surface area contributed by atoms with Crippen LogP contribution in [0.3, 0.4) is 0 Å². The molecule has 0 aliphatic heterocycles. The maximum Gasteiger partial charge on any atom is 0.219 e. The van der Waals surface area contributed by atoms with Crippen LogP contribution in [0.15, 0.2) is 36.5 Å². The Kier molecular flexibility index (Phi) is 3.74. The summed E-state index contributed by atoms with van der Waals surface area (Å²) in [6.07, 6.45) is 1.50. The highest BCUT2D eigenvalue weighted by Crippen LogP contribution is 2.24. The molecule has 0 spiro atoms. The summed E-state index contributed by atoms with van der Waals surface area (Å²) in [4.78, 5) is 4.28. The van der Waals surface area contributed by atoms with E-state index in [1.165, 1.54) is 24.4 Å². The highest BCUT2D eigenvalue weighted by atomic mass is 35.5. The van der Waals surface area contributed by atoms with E-state index in [4.69, 9.17) is 34.3 Å². The molecule has 0 atom stereocenters. The van der Waals surface area contributed by atoms with E-state index < -0.39 is 5.82 Å². The van der Waals surface area contributed by atoms with Gasteiger partial charge >= 0.3 is 0 Å². The third-order valence-corrected chi connectivity index (χ3v) is 2.66. The van der Waals surface area contributed by atoms with Gasteiger partial charge in [-0.15, -0.1) is 0 Å². The van der Waals surface area contributed by atoms with Gasteiger partial charge in [0.15, 0.2) is 0 Å². The molecule has 2 aromatic rings. The Hall–Kier alpha value is -1.72. The van der Waals surface area contributed by atoms with Gasteiger partial charge in [-0.2, -0.15) is 0 Å². The Labute approximate surface area is 113 Å². The first kappa shape index (κ1) is 12.7. The summed E-state index contributed by atoms with van der Waals surface area (Å²) < 4.78 is 18.4. The van der Waals surface area contributed by atoms with Crippen LogP contribution in [-0.4, -0.2) is 9.97 Å². The molecule has 0 saturated carbocycles. The number of halogens is 2. The Bertz CT molecular complexity index is 589. The highest BCUT2D eigenvalue weighted by Gasteiger charge is 2.04. The second-order valence-corrected chi connectivity index (χ2v) is 4.27. The lowest BCUT2D eigenvalue weighted by molar-refractivity contribution is 0.461. The van der Waals surface area contributed by atoms with Crippen LogP contribution in [0.2, 0.25) is 5.02 Å². The minimum atomic E-state index is -0.499. The number of rotatable bonds is 3. The first-order chi connectivity index (χ1) is 8.56. The molecule has 92 valence electrons. The topological polar surface area (TPSA) is 48.1 Å². The van der Waals surface area contributed by atoms with E-state index in [1.54, 1.807) is 12.1 Å². The zero-order valence-corrected chi connectivity index (χ0v) is 10.6. The molecule has 1 heterocycles. The molecule has 0 aliphatic carbocycles. The lowest BCUT2D eigenvalue weighted by atomic mass is 10.3. The van der Waals surface area contributed by atoms with Crippen molar-refractivity contribution in [2.75, 3.05) is 0 Å². The van der Waals surface area contributed by atoms with Crippen molar-refractivity contribution in [3.05, 3.63) is 52.9 Å². The van der Waals surface area contributed by atoms with Gasteiger partial charge in [0.1, 0.15) is 16.6 Å². The SMILES string of the molecule is NC(=S)c1ccc(Oc2ccc(F)c(Cl)c2)nc1. The average Bonchev–Trinajstić information content (AvgIpc) is 2.34. The van der Waals surface area contributed by atoms with E-state index >= 15 is 0 Å². The van der Waals surface area contributed by atoms with Gasteiger partial charge in [0, 0.05) is 23.9 Å². The van der Waals surface area contributed by atoms with Crippen LogP contribution in [0.25, 0.3) is 0 Å². The first-order valence-electron chi connectivity index (χ1n) is 4.95. The Morgan fingerprint density at radius 2 is 2.11 bits per heavy atom. The van der Waals surface area contributed by atoms with E-state index in [9.17, 15) is 4.39 Å². The van der Waals surface area contributed by atoms with Crippen LogP contribution in [-0.2, 0) is 0 Å². The molecule has 0 unspecified atom stereocenters. The van der Waals surface area contributed by atoms with E-state index in [-0.39, 0.29) is 10.0 Å². The quantitative estimate of drug-likeness (QED) is 0.878. The van der Waals surface area contributed by atoms with Crippen LogP contribution in [0.4, 0.5) is 4.39 Å². The molecule has 0 fully saturated rings. The maximum atomic E-state index is 12.9. The van der Waals surface area contributed by atoms with Gasteiger partial charge in [-0.05, 0) is 18.2 Å². The van der Waals surface area contributed by atoms with Crippen molar-refractivity contribution in [2.24, 2.45) is 5.73 Å². The van der Waals surface area contributed by atoms with Crippen LogP contribution < -0.4 is 10.5 Å². The zero-order valence-electron chi connectivity index (χ0n) is 9.06. The number of ether oxygens (including phenoxy) is 1. The Morgan fingerprint density at radius 3 is 2.67 bits per heavy atom. The second kappa shape index (κ2) is 5.29. The highest BCUT2D eigenvalue weighted by molar-refractivity contribution is 7.80. The number of aromatic nitrogens is 1. The fourth-order valence-corrected chi connectivity index (χ4v) is 1.54. The smallest absolute Gasteiger partial charge is 0.219 e. The van der Waals surface area contributed by atoms with Crippen molar-refractivity contribution >= 4 is 28.8 Å². The summed E-state index contributed by atoms with van der Waals surface area (Å²) in [5.41, 5.74) is 6.09. The van der Waals surface area contributed by atoms with E-state index in [0.717, 1.165) is 0 Å². The molecule has 18 heavy (non-hydrogen) atoms. The molecule has 0 amide bonds. The third-order valence-electron chi connectivity index (χ3n) is 2.13. The minimum Gasteiger partial charge on any atom is -0.439 e. The first-order valence-corrected chi connectivity index (χ1v) is 5.73. The molecule has 6 heteroatoms. The largest absolute Gasteiger partial charge is 0.439 e. The molecule has 2 N–H and O–H groups in total. The monoisotopic (exact) mass is 282 g/mol. The summed E-state index contributed by atoms with van der Waals surface area (Å²) in [6.45, 7) is 0. The number of pyridine rings is 1. The van der Waals surface area contributed by atoms with Crippen LogP contribution in [0, 0.1) is 5.82 Å². The van der Waals surface area contributed by atoms with Gasteiger partial charge in [0.05, 0.1) is 5.02 Å². The summed E-state index contributed by atoms with van der Waals surface area (Å²) in [6, 6.07) is 7.37. The number of thiocarbonyl (C=S) groups is 1. The number of nitrogens with zero attached hydrogens (tertiary/aromatic N) is 1. The maximum absolute atomic E-state index is 12.9. The van der Waals surface area contributed by atoms with Crippen molar-refractivity contribution in [3.8, 4) is 11.6 Å². The molecule has 2 rings (SSSR count). The molecule has 0 bridgehead atoms. The summed E-state index contributed by atoms with van der Waals surface area (Å²) >= 11 is 10.4. The van der Waals surface area contributed by atoms with Crippen LogP contribution >= 0.6 is 23.8 Å². The van der Waals surface area contributed by atoms with Crippen LogP contribution in [0.1, 0.15) is 5.56 Å². The van der Waals surface area contributed by atoms with E-state index in [1.807, 2.05) is 0 Å². The van der Waals surface area contributed by atoms with Crippen molar-refractivity contribution < 1.29 is 9.13 Å². The summed E-state index contributed by atoms with van der Waals surface area (Å²) in [5, 5.41) is -0.00717. The predicted octanol–water partition coefficient (Wildman–Crippen LogP) is 3.30. The molecular formula is C12H8ClFN2OS. The van der Waals surface area contributed by atoms with E-state index in [0.29, 0.717) is 17.2 Å². The normalized spacial score (nSPS) is 10.1. The lowest BCUT2D eigenvalue weighted by Crippen LogP contribution is -2.09. The summed E-state index contributed by atoms with van der Waals surface area (Å²) in [7, 11) is 0. The molecule has 1 aromatic carbocycles. The van der Waals surface area contributed by atoms with Gasteiger partial charge in [-0.1, -0.05) is 23.8 Å². The number of benzene rings is 1. The van der Waals surface area contributed by atoms with Gasteiger partial charge in [-0.3, -0.25) is 0 Å². The number of hydrogen-bond donors (Lipinski definition) is 1. The zero-order chi connectivity index (χ0) is 13.1. The molecule has 0 aliphatic rings. The predicted molar refractivity (Wildman–Crippen MR) is 71.6 cm³/mol. The Balaban J connectivity index is 2.18. The fraction of sp³-hybridized carbons (Fsp3) is 0. The lowest BCUT2D eigenvalue weighted by Gasteiger charge is -2.05. The third kappa shape index (κ3) is 2.94. The number of hydrogen-bond acceptors (Lipinski definition) is 3. The van der Waals surface area contributed by atoms with Gasteiger partial charge in [-0.25, -0.2) is 9.37 Å². The van der Waals surface area contributed by atoms with Gasteiger partial charge in [0.25, 0.3) is 0 Å². The Morgan fingerprint density at radius 1 is 1.33 bits per heavy atom.